The SMILES string of the molecule is C[C@H](O)CCOCCCn1ncc(-c2nn(C3CCCCO3)c3ccc(O[Si](C)(C)C(C)(C)C)cc23)n1. The maximum absolute atomic E-state index is 9.34. The Bertz CT molecular complexity index is 1160. The third-order valence-electron chi connectivity index (χ3n) is 7.39. The molecule has 4 rings (SSSR count). The molecule has 37 heavy (non-hydrogen) atoms. The van der Waals surface area contributed by atoms with Crippen molar-refractivity contribution < 1.29 is 19.0 Å². The van der Waals surface area contributed by atoms with Gasteiger partial charge in [0.2, 0.25) is 8.32 Å². The van der Waals surface area contributed by atoms with Gasteiger partial charge >= 0.3 is 0 Å². The van der Waals surface area contributed by atoms with E-state index >= 15 is 0 Å². The van der Waals surface area contributed by atoms with Crippen LogP contribution in [0.1, 0.15) is 66.0 Å². The first-order valence-corrected chi connectivity index (χ1v) is 16.5. The van der Waals surface area contributed by atoms with Gasteiger partial charge in [0.15, 0.2) is 6.23 Å². The standard InChI is InChI=1S/C27H43N5O4Si/c1-20(33)13-17-34-15-9-14-31-28-19-23(29-31)26-22-18-21(36-37(5,6)27(2,3)4)11-12-24(22)32(30-26)25-10-7-8-16-35-25/h11-12,18-20,25,33H,7-10,13-17H2,1-6H3/t20-,25?/m0/s1. The van der Waals surface area contributed by atoms with E-state index in [1.54, 1.807) is 17.9 Å². The first-order chi connectivity index (χ1) is 17.5. The summed E-state index contributed by atoms with van der Waals surface area (Å²) in [4.78, 5) is 1.70. The topological polar surface area (TPSA) is 96.5 Å². The fourth-order valence-electron chi connectivity index (χ4n) is 4.13. The average Bonchev–Trinajstić information content (AvgIpc) is 3.45. The lowest BCUT2D eigenvalue weighted by Crippen LogP contribution is -2.43. The number of hydrogen-bond donors (Lipinski definition) is 1. The molecule has 0 saturated carbocycles. The third kappa shape index (κ3) is 6.79. The number of nitrogens with zero attached hydrogens (tertiary/aromatic N) is 5. The monoisotopic (exact) mass is 529 g/mol. The molecule has 1 aromatic carbocycles. The molecule has 1 saturated heterocycles. The summed E-state index contributed by atoms with van der Waals surface area (Å²) < 4.78 is 20.3. The molecule has 3 heterocycles. The van der Waals surface area contributed by atoms with Crippen LogP contribution in [-0.2, 0) is 16.0 Å². The zero-order valence-electron chi connectivity index (χ0n) is 23.2. The number of fused-ring (bicyclic) bond motifs is 1. The van der Waals surface area contributed by atoms with Crippen molar-refractivity contribution >= 4 is 19.2 Å². The van der Waals surface area contributed by atoms with Gasteiger partial charge in [-0.3, -0.25) is 0 Å². The minimum atomic E-state index is -1.99. The fraction of sp³-hybridized carbons (Fsp3) is 0.667. The van der Waals surface area contributed by atoms with Crippen molar-refractivity contribution in [2.45, 2.75) is 96.8 Å². The number of ether oxygens (including phenoxy) is 2. The van der Waals surface area contributed by atoms with E-state index < -0.39 is 8.32 Å². The van der Waals surface area contributed by atoms with Gasteiger partial charge in [-0.1, -0.05) is 20.8 Å². The van der Waals surface area contributed by atoms with Crippen molar-refractivity contribution in [2.75, 3.05) is 19.8 Å². The van der Waals surface area contributed by atoms with Gasteiger partial charge in [-0.05, 0) is 75.4 Å². The molecule has 0 spiro atoms. The number of benzene rings is 1. The highest BCUT2D eigenvalue weighted by Gasteiger charge is 2.39. The van der Waals surface area contributed by atoms with Gasteiger partial charge in [0.1, 0.15) is 17.1 Å². The van der Waals surface area contributed by atoms with E-state index in [1.165, 1.54) is 0 Å². The molecule has 1 unspecified atom stereocenters. The molecule has 2 atom stereocenters. The van der Waals surface area contributed by atoms with E-state index in [-0.39, 0.29) is 17.4 Å². The summed E-state index contributed by atoms with van der Waals surface area (Å²) in [5, 5.41) is 24.7. The number of aliphatic hydroxyl groups excluding tert-OH is 1. The molecule has 10 heteroatoms. The molecule has 0 aliphatic carbocycles. The van der Waals surface area contributed by atoms with Crippen molar-refractivity contribution in [3.63, 3.8) is 0 Å². The number of hydrogen-bond acceptors (Lipinski definition) is 7. The minimum Gasteiger partial charge on any atom is -0.543 e. The Labute approximate surface area is 221 Å². The molecule has 204 valence electrons. The van der Waals surface area contributed by atoms with Crippen molar-refractivity contribution in [3.8, 4) is 17.1 Å². The number of rotatable bonds is 11. The second-order valence-corrected chi connectivity index (χ2v) is 16.3. The molecule has 1 aliphatic heterocycles. The highest BCUT2D eigenvalue weighted by atomic mass is 28.4. The molecule has 1 aliphatic rings. The summed E-state index contributed by atoms with van der Waals surface area (Å²) in [7, 11) is -1.99. The summed E-state index contributed by atoms with van der Waals surface area (Å²) in [6.45, 7) is 15.6. The van der Waals surface area contributed by atoms with E-state index in [9.17, 15) is 5.11 Å². The lowest BCUT2D eigenvalue weighted by atomic mass is 10.1. The van der Waals surface area contributed by atoms with Crippen molar-refractivity contribution in [2.24, 2.45) is 0 Å². The maximum Gasteiger partial charge on any atom is 0.250 e. The summed E-state index contributed by atoms with van der Waals surface area (Å²) in [5.41, 5.74) is 2.55. The quantitative estimate of drug-likeness (QED) is 0.257. The van der Waals surface area contributed by atoms with Crippen LogP contribution in [0.5, 0.6) is 5.75 Å². The van der Waals surface area contributed by atoms with Gasteiger partial charge in [-0.25, -0.2) is 4.68 Å². The van der Waals surface area contributed by atoms with Crippen LogP contribution in [-0.4, -0.2) is 64.1 Å². The van der Waals surface area contributed by atoms with Crippen LogP contribution < -0.4 is 4.43 Å². The van der Waals surface area contributed by atoms with Gasteiger partial charge in [0.05, 0.1) is 24.4 Å². The van der Waals surface area contributed by atoms with Crippen LogP contribution in [0.2, 0.25) is 18.1 Å². The Kier molecular flexibility index (Phi) is 8.73. The van der Waals surface area contributed by atoms with Crippen LogP contribution >= 0.6 is 0 Å². The van der Waals surface area contributed by atoms with Crippen LogP contribution in [0.3, 0.4) is 0 Å². The minimum absolute atomic E-state index is 0.0778. The first kappa shape index (κ1) is 27.8. The highest BCUT2D eigenvalue weighted by molar-refractivity contribution is 6.74. The smallest absolute Gasteiger partial charge is 0.250 e. The van der Waals surface area contributed by atoms with Gasteiger partial charge in [0, 0.05) is 25.2 Å². The second-order valence-electron chi connectivity index (χ2n) is 11.6. The summed E-state index contributed by atoms with van der Waals surface area (Å²) in [6, 6.07) is 6.26. The summed E-state index contributed by atoms with van der Waals surface area (Å²) >= 11 is 0. The normalized spacial score (nSPS) is 17.9. The Morgan fingerprint density at radius 1 is 1.19 bits per heavy atom. The van der Waals surface area contributed by atoms with Gasteiger partial charge < -0.3 is 19.0 Å². The van der Waals surface area contributed by atoms with Gasteiger partial charge in [-0.2, -0.15) is 20.1 Å². The van der Waals surface area contributed by atoms with E-state index in [0.717, 1.165) is 60.3 Å². The number of aryl methyl sites for hydroxylation is 1. The molecule has 0 radical (unpaired) electrons. The van der Waals surface area contributed by atoms with Gasteiger partial charge in [-0.15, -0.1) is 0 Å². The van der Waals surface area contributed by atoms with E-state index in [0.29, 0.717) is 26.2 Å². The average molecular weight is 530 g/mol. The molecular formula is C27H43N5O4Si. The molecule has 0 amide bonds. The lowest BCUT2D eigenvalue weighted by molar-refractivity contribution is -0.0365. The Balaban J connectivity index is 1.58. The predicted octanol–water partition coefficient (Wildman–Crippen LogP) is 5.56. The van der Waals surface area contributed by atoms with E-state index in [4.69, 9.17) is 24.1 Å². The lowest BCUT2D eigenvalue weighted by Gasteiger charge is -2.36. The Hall–Kier alpha value is -2.27. The van der Waals surface area contributed by atoms with Crippen LogP contribution in [0.4, 0.5) is 0 Å². The molecule has 2 aromatic heterocycles. The summed E-state index contributed by atoms with van der Waals surface area (Å²) in [6.07, 6.45) is 5.97. The van der Waals surface area contributed by atoms with E-state index in [1.807, 2.05) is 4.68 Å². The molecular weight excluding hydrogens is 486 g/mol. The molecule has 0 bridgehead atoms. The molecule has 1 fully saturated rings. The third-order valence-corrected chi connectivity index (χ3v) is 11.7. The highest BCUT2D eigenvalue weighted by Crippen LogP contribution is 2.39. The predicted molar refractivity (Wildman–Crippen MR) is 147 cm³/mol. The fourth-order valence-corrected chi connectivity index (χ4v) is 5.16. The Morgan fingerprint density at radius 2 is 2.00 bits per heavy atom. The van der Waals surface area contributed by atoms with Crippen LogP contribution in [0, 0.1) is 0 Å². The molecule has 1 N–H and O–H groups in total. The Morgan fingerprint density at radius 3 is 2.70 bits per heavy atom. The van der Waals surface area contributed by atoms with Crippen LogP contribution in [0.15, 0.2) is 24.4 Å². The van der Waals surface area contributed by atoms with Crippen molar-refractivity contribution in [3.05, 3.63) is 24.4 Å². The largest absolute Gasteiger partial charge is 0.543 e. The molecule has 9 nitrogen and oxygen atoms in total. The number of aliphatic hydroxyl groups is 1. The molecule has 3 aromatic rings. The zero-order valence-corrected chi connectivity index (χ0v) is 24.2. The summed E-state index contributed by atoms with van der Waals surface area (Å²) in [5.74, 6) is 0.867. The number of aromatic nitrogens is 5. The first-order valence-electron chi connectivity index (χ1n) is 13.5. The second kappa shape index (κ2) is 11.6. The van der Waals surface area contributed by atoms with Crippen LogP contribution in [0.25, 0.3) is 22.3 Å². The van der Waals surface area contributed by atoms with E-state index in [2.05, 4.69) is 57.2 Å². The van der Waals surface area contributed by atoms with Crippen molar-refractivity contribution in [1.29, 1.82) is 0 Å². The van der Waals surface area contributed by atoms with Gasteiger partial charge in [0.25, 0.3) is 0 Å². The maximum atomic E-state index is 9.34. The van der Waals surface area contributed by atoms with Crippen molar-refractivity contribution in [1.82, 2.24) is 24.8 Å². The zero-order chi connectivity index (χ0) is 26.6.